The zero-order valence-electron chi connectivity index (χ0n) is 9.90. The second-order valence-corrected chi connectivity index (χ2v) is 4.86. The lowest BCUT2D eigenvalue weighted by Gasteiger charge is -2.45. The summed E-state index contributed by atoms with van der Waals surface area (Å²) in [4.78, 5) is 34.0. The van der Waals surface area contributed by atoms with Crippen LogP contribution in [0.5, 0.6) is 0 Å². The molecule has 0 radical (unpaired) electrons. The molecular weight excluding hydrogens is 210 g/mol. The van der Waals surface area contributed by atoms with Gasteiger partial charge in [-0.2, -0.15) is 0 Å². The zero-order valence-corrected chi connectivity index (χ0v) is 9.90. The van der Waals surface area contributed by atoms with Crippen LogP contribution >= 0.6 is 0 Å². The standard InChI is InChI=1S/C11H17NO4/c1-5(13)7(6(2)14)9-8(10(15)12-9)11(3,4)16/h7-9,16H,1-4H3,(H,12,15)/t8-,9+/m1/s1. The van der Waals surface area contributed by atoms with E-state index in [1.165, 1.54) is 27.7 Å². The summed E-state index contributed by atoms with van der Waals surface area (Å²) < 4.78 is 0. The Morgan fingerprint density at radius 2 is 1.75 bits per heavy atom. The Bertz CT molecular complexity index is 328. The predicted octanol–water partition coefficient (Wildman–Crippen LogP) is -0.334. The number of carbonyl (C=O) groups is 3. The van der Waals surface area contributed by atoms with Crippen molar-refractivity contribution in [2.75, 3.05) is 0 Å². The second kappa shape index (κ2) is 3.97. The fourth-order valence-corrected chi connectivity index (χ4v) is 2.23. The molecule has 0 aromatic rings. The summed E-state index contributed by atoms with van der Waals surface area (Å²) in [5.41, 5.74) is -1.23. The Morgan fingerprint density at radius 1 is 1.31 bits per heavy atom. The molecular formula is C11H17NO4. The van der Waals surface area contributed by atoms with E-state index in [1.807, 2.05) is 0 Å². The van der Waals surface area contributed by atoms with Crippen LogP contribution in [0.25, 0.3) is 0 Å². The third kappa shape index (κ3) is 2.14. The van der Waals surface area contributed by atoms with Gasteiger partial charge in [-0.05, 0) is 27.7 Å². The summed E-state index contributed by atoms with van der Waals surface area (Å²) in [5, 5.41) is 12.3. The van der Waals surface area contributed by atoms with E-state index in [1.54, 1.807) is 0 Å². The molecule has 0 unspecified atom stereocenters. The monoisotopic (exact) mass is 227 g/mol. The molecule has 5 heteroatoms. The molecule has 2 atom stereocenters. The SMILES string of the molecule is CC(=O)C(C(C)=O)[C@@H]1NC(=O)[C@@H]1C(C)(C)O. The highest BCUT2D eigenvalue weighted by molar-refractivity contribution is 6.03. The highest BCUT2D eigenvalue weighted by atomic mass is 16.3. The summed E-state index contributed by atoms with van der Waals surface area (Å²) >= 11 is 0. The molecule has 0 bridgehead atoms. The van der Waals surface area contributed by atoms with Crippen molar-refractivity contribution in [1.82, 2.24) is 5.32 Å². The summed E-state index contributed by atoms with van der Waals surface area (Å²) in [6.07, 6.45) is 0. The van der Waals surface area contributed by atoms with Gasteiger partial charge in [-0.3, -0.25) is 14.4 Å². The maximum Gasteiger partial charge on any atom is 0.228 e. The lowest BCUT2D eigenvalue weighted by atomic mass is 9.70. The lowest BCUT2D eigenvalue weighted by molar-refractivity contribution is -0.154. The van der Waals surface area contributed by atoms with Crippen LogP contribution in [0, 0.1) is 11.8 Å². The quantitative estimate of drug-likeness (QED) is 0.508. The molecule has 1 aliphatic heterocycles. The molecule has 5 nitrogen and oxygen atoms in total. The molecule has 16 heavy (non-hydrogen) atoms. The van der Waals surface area contributed by atoms with Crippen molar-refractivity contribution >= 4 is 17.5 Å². The Morgan fingerprint density at radius 3 is 2.00 bits per heavy atom. The van der Waals surface area contributed by atoms with Gasteiger partial charge in [-0.1, -0.05) is 0 Å². The van der Waals surface area contributed by atoms with Crippen molar-refractivity contribution in [2.45, 2.75) is 39.3 Å². The first kappa shape index (κ1) is 12.8. The van der Waals surface area contributed by atoms with Gasteiger partial charge in [0, 0.05) is 0 Å². The van der Waals surface area contributed by atoms with Gasteiger partial charge >= 0.3 is 0 Å². The fourth-order valence-electron chi connectivity index (χ4n) is 2.23. The Kier molecular flexibility index (Phi) is 3.19. The lowest BCUT2D eigenvalue weighted by Crippen LogP contribution is -2.69. The molecule has 1 heterocycles. The van der Waals surface area contributed by atoms with Crippen molar-refractivity contribution in [1.29, 1.82) is 0 Å². The number of rotatable bonds is 4. The minimum atomic E-state index is -1.23. The summed E-state index contributed by atoms with van der Waals surface area (Å²) in [6, 6.07) is -0.581. The summed E-state index contributed by atoms with van der Waals surface area (Å²) in [7, 11) is 0. The molecule has 0 saturated carbocycles. The molecule has 1 fully saturated rings. The predicted molar refractivity (Wildman–Crippen MR) is 56.6 cm³/mol. The Balaban J connectivity index is 2.93. The van der Waals surface area contributed by atoms with Crippen LogP contribution in [0.4, 0.5) is 0 Å². The number of Topliss-reactive ketones (excluding diaryl/α,β-unsaturated/α-hetero) is 2. The maximum absolute atomic E-state index is 11.3. The molecule has 0 spiro atoms. The molecule has 1 rings (SSSR count). The van der Waals surface area contributed by atoms with Gasteiger partial charge in [0.05, 0.1) is 23.5 Å². The van der Waals surface area contributed by atoms with Crippen LogP contribution in [0.15, 0.2) is 0 Å². The van der Waals surface area contributed by atoms with Gasteiger partial charge in [-0.15, -0.1) is 0 Å². The smallest absolute Gasteiger partial charge is 0.228 e. The number of hydrogen-bond acceptors (Lipinski definition) is 4. The van der Waals surface area contributed by atoms with Gasteiger partial charge in [0.2, 0.25) is 5.91 Å². The van der Waals surface area contributed by atoms with Gasteiger partial charge in [0.25, 0.3) is 0 Å². The van der Waals surface area contributed by atoms with Gasteiger partial charge in [-0.25, -0.2) is 0 Å². The fraction of sp³-hybridized carbons (Fsp3) is 0.727. The summed E-state index contributed by atoms with van der Waals surface area (Å²) in [6.45, 7) is 5.64. The van der Waals surface area contributed by atoms with Crippen molar-refractivity contribution in [3.63, 3.8) is 0 Å². The first-order valence-electron chi connectivity index (χ1n) is 5.20. The van der Waals surface area contributed by atoms with Gasteiger partial charge in [0.1, 0.15) is 11.6 Å². The normalized spacial score (nSPS) is 25.0. The van der Waals surface area contributed by atoms with Crippen LogP contribution in [0.3, 0.4) is 0 Å². The largest absolute Gasteiger partial charge is 0.390 e. The molecule has 0 aromatic carbocycles. The van der Waals surface area contributed by atoms with E-state index >= 15 is 0 Å². The molecule has 1 aliphatic rings. The molecule has 1 amide bonds. The molecule has 0 aliphatic carbocycles. The van der Waals surface area contributed by atoms with E-state index in [2.05, 4.69) is 5.32 Å². The minimum Gasteiger partial charge on any atom is -0.390 e. The maximum atomic E-state index is 11.3. The Labute approximate surface area is 94.2 Å². The van der Waals surface area contributed by atoms with Crippen LogP contribution in [-0.4, -0.2) is 34.2 Å². The first-order chi connectivity index (χ1) is 7.16. The highest BCUT2D eigenvalue weighted by Crippen LogP contribution is 2.32. The average molecular weight is 227 g/mol. The van der Waals surface area contributed by atoms with E-state index in [-0.39, 0.29) is 17.5 Å². The Hall–Kier alpha value is -1.23. The zero-order chi connectivity index (χ0) is 12.7. The second-order valence-electron chi connectivity index (χ2n) is 4.86. The van der Waals surface area contributed by atoms with Crippen molar-refractivity contribution in [3.8, 4) is 0 Å². The third-order valence-electron chi connectivity index (χ3n) is 2.95. The van der Waals surface area contributed by atoms with E-state index in [4.69, 9.17) is 0 Å². The van der Waals surface area contributed by atoms with E-state index in [0.717, 1.165) is 0 Å². The van der Waals surface area contributed by atoms with Gasteiger partial charge in [0.15, 0.2) is 0 Å². The molecule has 0 aromatic heterocycles. The number of β-lactam (4-membered cyclic amide) rings is 1. The number of amides is 1. The van der Waals surface area contributed by atoms with Crippen molar-refractivity contribution < 1.29 is 19.5 Å². The first-order valence-corrected chi connectivity index (χ1v) is 5.20. The summed E-state index contributed by atoms with van der Waals surface area (Å²) in [5.74, 6) is -2.44. The molecule has 90 valence electrons. The van der Waals surface area contributed by atoms with Crippen LogP contribution in [0.2, 0.25) is 0 Å². The number of hydrogen-bond donors (Lipinski definition) is 2. The van der Waals surface area contributed by atoms with Crippen LogP contribution in [0.1, 0.15) is 27.7 Å². The molecule has 2 N–H and O–H groups in total. The number of ketones is 2. The highest BCUT2D eigenvalue weighted by Gasteiger charge is 2.53. The van der Waals surface area contributed by atoms with E-state index in [0.29, 0.717) is 0 Å². The number of aliphatic hydroxyl groups is 1. The molecule has 1 saturated heterocycles. The van der Waals surface area contributed by atoms with Crippen molar-refractivity contribution in [3.05, 3.63) is 0 Å². The van der Waals surface area contributed by atoms with Gasteiger partial charge < -0.3 is 10.4 Å². The number of carbonyl (C=O) groups excluding carboxylic acids is 3. The van der Waals surface area contributed by atoms with Crippen LogP contribution < -0.4 is 5.32 Å². The van der Waals surface area contributed by atoms with E-state index < -0.39 is 23.5 Å². The average Bonchev–Trinajstić information content (AvgIpc) is 1.97. The van der Waals surface area contributed by atoms with Crippen molar-refractivity contribution in [2.24, 2.45) is 11.8 Å². The third-order valence-corrected chi connectivity index (χ3v) is 2.95. The minimum absolute atomic E-state index is 0.285. The van der Waals surface area contributed by atoms with E-state index in [9.17, 15) is 19.5 Å². The number of nitrogens with one attached hydrogen (secondary N) is 1. The van der Waals surface area contributed by atoms with Crippen LogP contribution in [-0.2, 0) is 14.4 Å². The topological polar surface area (TPSA) is 83.5 Å².